The molecule has 0 unspecified atom stereocenters. The molecule has 1 aliphatic rings. The third kappa shape index (κ3) is 2.63. The molecule has 1 aromatic carbocycles. The molecule has 2 rings (SSSR count). The Morgan fingerprint density at radius 1 is 1.53 bits per heavy atom. The predicted molar refractivity (Wildman–Crippen MR) is 61.6 cm³/mol. The Hall–Kier alpha value is -1.44. The van der Waals surface area contributed by atoms with Gasteiger partial charge in [0, 0.05) is 12.6 Å². The number of benzene rings is 1. The molecule has 90 valence electrons. The fourth-order valence-corrected chi connectivity index (χ4v) is 2.33. The first-order valence-corrected chi connectivity index (χ1v) is 5.78. The Kier molecular flexibility index (Phi) is 3.72. The lowest BCUT2D eigenvalue weighted by atomic mass is 10.1. The van der Waals surface area contributed by atoms with Crippen molar-refractivity contribution in [3.05, 3.63) is 35.1 Å². The van der Waals surface area contributed by atoms with Crippen molar-refractivity contribution in [1.82, 2.24) is 4.90 Å². The molecule has 0 spiro atoms. The number of halogens is 1. The van der Waals surface area contributed by atoms with Crippen LogP contribution in [0.4, 0.5) is 4.39 Å². The van der Waals surface area contributed by atoms with Crippen LogP contribution in [0.5, 0.6) is 0 Å². The summed E-state index contributed by atoms with van der Waals surface area (Å²) < 4.78 is 13.2. The highest BCUT2D eigenvalue weighted by atomic mass is 19.1. The van der Waals surface area contributed by atoms with Gasteiger partial charge in [-0.2, -0.15) is 5.26 Å². The second kappa shape index (κ2) is 5.26. The van der Waals surface area contributed by atoms with E-state index in [9.17, 15) is 9.50 Å². The van der Waals surface area contributed by atoms with Gasteiger partial charge >= 0.3 is 0 Å². The van der Waals surface area contributed by atoms with E-state index in [0.29, 0.717) is 17.7 Å². The molecule has 1 saturated heterocycles. The number of aliphatic hydroxyl groups is 1. The molecule has 1 aliphatic heterocycles. The first-order valence-electron chi connectivity index (χ1n) is 5.78. The molecule has 0 bridgehead atoms. The fraction of sp³-hybridized carbons (Fsp3) is 0.462. The van der Waals surface area contributed by atoms with E-state index in [2.05, 4.69) is 11.0 Å². The fourth-order valence-electron chi connectivity index (χ4n) is 2.33. The van der Waals surface area contributed by atoms with Crippen LogP contribution in [0, 0.1) is 17.1 Å². The van der Waals surface area contributed by atoms with Gasteiger partial charge in [0.2, 0.25) is 0 Å². The van der Waals surface area contributed by atoms with E-state index in [1.54, 1.807) is 0 Å². The summed E-state index contributed by atoms with van der Waals surface area (Å²) in [6.45, 7) is 1.55. The Balaban J connectivity index is 2.18. The van der Waals surface area contributed by atoms with Crippen LogP contribution in [-0.2, 0) is 6.54 Å². The number of rotatable bonds is 3. The van der Waals surface area contributed by atoms with Crippen molar-refractivity contribution >= 4 is 0 Å². The van der Waals surface area contributed by atoms with E-state index in [4.69, 9.17) is 5.26 Å². The Morgan fingerprint density at radius 3 is 3.06 bits per heavy atom. The van der Waals surface area contributed by atoms with Crippen LogP contribution in [0.25, 0.3) is 0 Å². The SMILES string of the molecule is N#Cc1ccc(F)cc1CN1CCC[C@@H]1CO. The summed E-state index contributed by atoms with van der Waals surface area (Å²) >= 11 is 0. The van der Waals surface area contributed by atoms with Gasteiger partial charge in [0.25, 0.3) is 0 Å². The maximum atomic E-state index is 13.2. The molecule has 0 radical (unpaired) electrons. The standard InChI is InChI=1S/C13H15FN2O/c14-12-4-3-10(7-15)11(6-12)8-16-5-1-2-13(16)9-17/h3-4,6,13,17H,1-2,5,8-9H2/t13-/m1/s1. The minimum absolute atomic E-state index is 0.122. The van der Waals surface area contributed by atoms with Gasteiger partial charge in [-0.15, -0.1) is 0 Å². The maximum Gasteiger partial charge on any atom is 0.123 e. The zero-order chi connectivity index (χ0) is 12.3. The van der Waals surface area contributed by atoms with Gasteiger partial charge in [-0.1, -0.05) is 0 Å². The molecule has 0 saturated carbocycles. The van der Waals surface area contributed by atoms with Crippen LogP contribution in [-0.4, -0.2) is 29.2 Å². The topological polar surface area (TPSA) is 47.3 Å². The van der Waals surface area contributed by atoms with E-state index in [0.717, 1.165) is 19.4 Å². The summed E-state index contributed by atoms with van der Waals surface area (Å²) in [7, 11) is 0. The molecule has 0 aliphatic carbocycles. The summed E-state index contributed by atoms with van der Waals surface area (Å²) in [6, 6.07) is 6.43. The lowest BCUT2D eigenvalue weighted by Crippen LogP contribution is -2.31. The Morgan fingerprint density at radius 2 is 2.35 bits per heavy atom. The van der Waals surface area contributed by atoms with Crippen LogP contribution in [0.1, 0.15) is 24.0 Å². The van der Waals surface area contributed by atoms with E-state index >= 15 is 0 Å². The van der Waals surface area contributed by atoms with E-state index in [1.807, 2.05) is 0 Å². The van der Waals surface area contributed by atoms with Gasteiger partial charge in [0.15, 0.2) is 0 Å². The highest BCUT2D eigenvalue weighted by molar-refractivity contribution is 5.37. The molecular formula is C13H15FN2O. The van der Waals surface area contributed by atoms with Crippen molar-refractivity contribution in [2.45, 2.75) is 25.4 Å². The molecule has 1 heterocycles. The van der Waals surface area contributed by atoms with Crippen LogP contribution in [0.15, 0.2) is 18.2 Å². The molecule has 17 heavy (non-hydrogen) atoms. The van der Waals surface area contributed by atoms with Gasteiger partial charge < -0.3 is 5.11 Å². The molecule has 3 nitrogen and oxygen atoms in total. The zero-order valence-corrected chi connectivity index (χ0v) is 9.56. The monoisotopic (exact) mass is 234 g/mol. The minimum atomic E-state index is -0.321. The summed E-state index contributed by atoms with van der Waals surface area (Å²) in [4.78, 5) is 2.11. The van der Waals surface area contributed by atoms with Crippen LogP contribution < -0.4 is 0 Å². The van der Waals surface area contributed by atoms with Gasteiger partial charge in [0.1, 0.15) is 5.82 Å². The second-order valence-electron chi connectivity index (χ2n) is 4.36. The summed E-state index contributed by atoms with van der Waals surface area (Å²) in [6.07, 6.45) is 2.01. The smallest absolute Gasteiger partial charge is 0.123 e. The first-order chi connectivity index (χ1) is 8.24. The third-order valence-corrected chi connectivity index (χ3v) is 3.27. The summed E-state index contributed by atoms with van der Waals surface area (Å²) in [5, 5.41) is 18.2. The van der Waals surface area contributed by atoms with E-state index in [1.165, 1.54) is 18.2 Å². The molecule has 4 heteroatoms. The van der Waals surface area contributed by atoms with Crippen molar-refractivity contribution < 1.29 is 9.50 Å². The van der Waals surface area contributed by atoms with E-state index < -0.39 is 0 Å². The number of likely N-dealkylation sites (tertiary alicyclic amines) is 1. The molecule has 0 aromatic heterocycles. The average molecular weight is 234 g/mol. The number of hydrogen-bond acceptors (Lipinski definition) is 3. The Bertz CT molecular complexity index is 442. The van der Waals surface area contributed by atoms with Crippen molar-refractivity contribution in [3.63, 3.8) is 0 Å². The number of nitriles is 1. The highest BCUT2D eigenvalue weighted by Crippen LogP contribution is 2.21. The minimum Gasteiger partial charge on any atom is -0.395 e. The molecule has 1 atom stereocenters. The predicted octanol–water partition coefficient (Wildman–Crippen LogP) is 1.65. The third-order valence-electron chi connectivity index (χ3n) is 3.27. The van der Waals surface area contributed by atoms with Crippen molar-refractivity contribution in [2.24, 2.45) is 0 Å². The summed E-state index contributed by atoms with van der Waals surface area (Å²) in [5.74, 6) is -0.321. The number of hydrogen-bond donors (Lipinski definition) is 1. The molecular weight excluding hydrogens is 219 g/mol. The molecule has 1 aromatic rings. The van der Waals surface area contributed by atoms with Crippen molar-refractivity contribution in [3.8, 4) is 6.07 Å². The first kappa shape index (κ1) is 12.0. The zero-order valence-electron chi connectivity index (χ0n) is 9.56. The van der Waals surface area contributed by atoms with Gasteiger partial charge in [-0.05, 0) is 43.1 Å². The lowest BCUT2D eigenvalue weighted by Gasteiger charge is -2.23. The molecule has 1 fully saturated rings. The van der Waals surface area contributed by atoms with Gasteiger partial charge in [-0.25, -0.2) is 4.39 Å². The lowest BCUT2D eigenvalue weighted by molar-refractivity contribution is 0.153. The van der Waals surface area contributed by atoms with Gasteiger partial charge in [-0.3, -0.25) is 4.90 Å². The molecule has 1 N–H and O–H groups in total. The van der Waals surface area contributed by atoms with E-state index in [-0.39, 0.29) is 18.5 Å². The van der Waals surface area contributed by atoms with Crippen LogP contribution in [0.3, 0.4) is 0 Å². The van der Waals surface area contributed by atoms with Crippen molar-refractivity contribution in [1.29, 1.82) is 5.26 Å². The second-order valence-corrected chi connectivity index (χ2v) is 4.36. The van der Waals surface area contributed by atoms with Crippen LogP contribution >= 0.6 is 0 Å². The largest absolute Gasteiger partial charge is 0.395 e. The van der Waals surface area contributed by atoms with Crippen molar-refractivity contribution in [2.75, 3.05) is 13.2 Å². The maximum absolute atomic E-state index is 13.2. The average Bonchev–Trinajstić information content (AvgIpc) is 2.77. The van der Waals surface area contributed by atoms with Gasteiger partial charge in [0.05, 0.1) is 18.2 Å². The number of aliphatic hydroxyl groups excluding tert-OH is 1. The Labute approximate surface area is 100 Å². The summed E-state index contributed by atoms with van der Waals surface area (Å²) in [5.41, 5.74) is 1.21. The normalized spacial score (nSPS) is 20.4. The molecule has 0 amide bonds. The van der Waals surface area contributed by atoms with Crippen LogP contribution in [0.2, 0.25) is 0 Å². The highest BCUT2D eigenvalue weighted by Gasteiger charge is 2.24. The number of nitrogens with zero attached hydrogens (tertiary/aromatic N) is 2. The quantitative estimate of drug-likeness (QED) is 0.865.